The van der Waals surface area contributed by atoms with Crippen LogP contribution < -0.4 is 18.7 Å². The standard InChI is InChI=1S/C19H22O3Se/c1-12-9-14(7-8-16(12)20-3)13(2)15-10-17(21-4)19(22-5)18(11-15)23-6/h7-11H,2H2,1,3-6H3. The molecule has 0 fully saturated rings. The molecule has 0 N–H and O–H groups in total. The fourth-order valence-electron chi connectivity index (χ4n) is 2.49. The third-order valence-electron chi connectivity index (χ3n) is 3.76. The SMILES string of the molecule is C=C(c1ccc(OC)c(C)c1)c1cc(OC)c(OC)c([Se]C)c1. The second-order valence-electron chi connectivity index (χ2n) is 5.08. The second kappa shape index (κ2) is 7.58. The molecule has 0 saturated carbocycles. The summed E-state index contributed by atoms with van der Waals surface area (Å²) < 4.78 is 17.5. The molecule has 0 aromatic heterocycles. The first-order valence-corrected chi connectivity index (χ1v) is 9.77. The van der Waals surface area contributed by atoms with Crippen LogP contribution in [-0.2, 0) is 0 Å². The minimum absolute atomic E-state index is 0.296. The van der Waals surface area contributed by atoms with Crippen molar-refractivity contribution >= 4 is 25.0 Å². The van der Waals surface area contributed by atoms with Crippen molar-refractivity contribution < 1.29 is 14.2 Å². The maximum absolute atomic E-state index is 5.49. The molecule has 0 amide bonds. The van der Waals surface area contributed by atoms with Gasteiger partial charge in [0.2, 0.25) is 0 Å². The molecule has 0 spiro atoms. The van der Waals surface area contributed by atoms with E-state index < -0.39 is 0 Å². The average Bonchev–Trinajstić information content (AvgIpc) is 2.59. The molecule has 0 aliphatic carbocycles. The van der Waals surface area contributed by atoms with E-state index in [4.69, 9.17) is 14.2 Å². The van der Waals surface area contributed by atoms with E-state index in [-0.39, 0.29) is 0 Å². The van der Waals surface area contributed by atoms with Crippen LogP contribution in [0, 0.1) is 6.92 Å². The van der Waals surface area contributed by atoms with Crippen LogP contribution in [0.2, 0.25) is 5.82 Å². The van der Waals surface area contributed by atoms with Gasteiger partial charge in [-0.25, -0.2) is 0 Å². The number of rotatable bonds is 6. The van der Waals surface area contributed by atoms with Gasteiger partial charge in [-0.05, 0) is 0 Å². The van der Waals surface area contributed by atoms with Gasteiger partial charge < -0.3 is 0 Å². The van der Waals surface area contributed by atoms with E-state index in [9.17, 15) is 0 Å². The second-order valence-corrected chi connectivity index (χ2v) is 6.86. The van der Waals surface area contributed by atoms with Gasteiger partial charge in [0.25, 0.3) is 0 Å². The van der Waals surface area contributed by atoms with Gasteiger partial charge in [0, 0.05) is 0 Å². The average molecular weight is 377 g/mol. The van der Waals surface area contributed by atoms with Gasteiger partial charge in [0.15, 0.2) is 0 Å². The Hall–Kier alpha value is -1.90. The van der Waals surface area contributed by atoms with E-state index in [1.807, 2.05) is 25.1 Å². The Morgan fingerprint density at radius 1 is 0.913 bits per heavy atom. The van der Waals surface area contributed by atoms with E-state index >= 15 is 0 Å². The number of ether oxygens (including phenoxy) is 3. The summed E-state index contributed by atoms with van der Waals surface area (Å²) in [5.74, 6) is 4.60. The Bertz CT molecular complexity index is 698. The quantitative estimate of drug-likeness (QED) is 0.722. The van der Waals surface area contributed by atoms with E-state index in [2.05, 4.69) is 24.5 Å². The molecule has 0 atom stereocenters. The van der Waals surface area contributed by atoms with Crippen molar-refractivity contribution in [2.45, 2.75) is 12.7 Å². The summed E-state index contributed by atoms with van der Waals surface area (Å²) >= 11 is 0.296. The molecule has 0 aliphatic rings. The van der Waals surface area contributed by atoms with Crippen molar-refractivity contribution in [1.82, 2.24) is 0 Å². The van der Waals surface area contributed by atoms with Gasteiger partial charge in [0.1, 0.15) is 0 Å². The first-order valence-electron chi connectivity index (χ1n) is 7.20. The van der Waals surface area contributed by atoms with Crippen LogP contribution in [0.15, 0.2) is 36.9 Å². The molecule has 0 saturated heterocycles. The van der Waals surface area contributed by atoms with Crippen LogP contribution in [0.3, 0.4) is 0 Å². The third kappa shape index (κ3) is 3.54. The van der Waals surface area contributed by atoms with Gasteiger partial charge in [-0.15, -0.1) is 0 Å². The van der Waals surface area contributed by atoms with Crippen molar-refractivity contribution in [1.29, 1.82) is 0 Å². The topological polar surface area (TPSA) is 27.7 Å². The van der Waals surface area contributed by atoms with Crippen LogP contribution in [-0.4, -0.2) is 36.3 Å². The van der Waals surface area contributed by atoms with Crippen LogP contribution in [0.4, 0.5) is 0 Å². The summed E-state index contributed by atoms with van der Waals surface area (Å²) in [6.45, 7) is 6.30. The molecule has 0 heterocycles. The molecule has 0 radical (unpaired) electrons. The van der Waals surface area contributed by atoms with Crippen LogP contribution in [0.1, 0.15) is 16.7 Å². The first kappa shape index (κ1) is 17.5. The number of hydrogen-bond donors (Lipinski definition) is 0. The van der Waals surface area contributed by atoms with Crippen LogP contribution in [0.25, 0.3) is 5.57 Å². The number of benzene rings is 2. The Morgan fingerprint density at radius 2 is 1.61 bits per heavy atom. The Labute approximate surface area is 144 Å². The molecule has 2 aromatic rings. The van der Waals surface area contributed by atoms with Crippen molar-refractivity contribution in [3.8, 4) is 17.2 Å². The van der Waals surface area contributed by atoms with Gasteiger partial charge >= 0.3 is 144 Å². The molecule has 0 unspecified atom stereocenters. The van der Waals surface area contributed by atoms with Crippen LogP contribution >= 0.6 is 0 Å². The van der Waals surface area contributed by atoms with Gasteiger partial charge in [-0.2, -0.15) is 0 Å². The monoisotopic (exact) mass is 378 g/mol. The third-order valence-corrected chi connectivity index (χ3v) is 5.32. The zero-order chi connectivity index (χ0) is 17.0. The fraction of sp³-hybridized carbons (Fsp3) is 0.263. The van der Waals surface area contributed by atoms with Crippen molar-refractivity contribution in [3.05, 3.63) is 53.6 Å². The maximum atomic E-state index is 5.49. The number of methoxy groups -OCH3 is 3. The van der Waals surface area contributed by atoms with Crippen molar-refractivity contribution in [2.75, 3.05) is 21.3 Å². The van der Waals surface area contributed by atoms with E-state index in [0.717, 1.165) is 39.5 Å². The summed E-state index contributed by atoms with van der Waals surface area (Å²) in [5.41, 5.74) is 4.17. The molecule has 0 bridgehead atoms. The normalized spacial score (nSPS) is 10.3. The first-order chi connectivity index (χ1) is 11.0. The Morgan fingerprint density at radius 3 is 2.13 bits per heavy atom. The summed E-state index contributed by atoms with van der Waals surface area (Å²) in [5, 5.41) is 0. The number of hydrogen-bond acceptors (Lipinski definition) is 3. The minimum atomic E-state index is 0.296. The molecule has 122 valence electrons. The molecule has 23 heavy (non-hydrogen) atoms. The summed E-state index contributed by atoms with van der Waals surface area (Å²) in [7, 11) is 5.02. The molecule has 2 rings (SSSR count). The van der Waals surface area contributed by atoms with E-state index in [1.54, 1.807) is 21.3 Å². The summed E-state index contributed by atoms with van der Waals surface area (Å²) in [6.07, 6.45) is 0. The van der Waals surface area contributed by atoms with Gasteiger partial charge in [-0.1, -0.05) is 0 Å². The van der Waals surface area contributed by atoms with Crippen molar-refractivity contribution in [3.63, 3.8) is 0 Å². The predicted molar refractivity (Wildman–Crippen MR) is 96.7 cm³/mol. The van der Waals surface area contributed by atoms with Crippen LogP contribution in [0.5, 0.6) is 17.2 Å². The molecular formula is C19H22O3Se. The van der Waals surface area contributed by atoms with Crippen molar-refractivity contribution in [2.24, 2.45) is 0 Å². The van der Waals surface area contributed by atoms with Gasteiger partial charge in [0.05, 0.1) is 0 Å². The molecule has 3 nitrogen and oxygen atoms in total. The fourth-order valence-corrected chi connectivity index (χ4v) is 3.78. The molecular weight excluding hydrogens is 355 g/mol. The van der Waals surface area contributed by atoms with E-state index in [0.29, 0.717) is 15.0 Å². The predicted octanol–water partition coefficient (Wildman–Crippen LogP) is 3.46. The summed E-state index contributed by atoms with van der Waals surface area (Å²) in [4.78, 5) is 0. The Kier molecular flexibility index (Phi) is 5.75. The zero-order valence-electron chi connectivity index (χ0n) is 14.2. The molecule has 2 aromatic carbocycles. The number of aryl methyl sites for hydroxylation is 1. The van der Waals surface area contributed by atoms with E-state index in [1.165, 1.54) is 4.46 Å². The summed E-state index contributed by atoms with van der Waals surface area (Å²) in [6, 6.07) is 10.2. The molecule has 4 heteroatoms. The molecule has 0 aliphatic heterocycles. The van der Waals surface area contributed by atoms with Gasteiger partial charge in [-0.3, -0.25) is 0 Å². The zero-order valence-corrected chi connectivity index (χ0v) is 15.9. The Balaban J connectivity index is 2.49.